The zero-order valence-electron chi connectivity index (χ0n) is 17.1. The third kappa shape index (κ3) is 4.61. The predicted octanol–water partition coefficient (Wildman–Crippen LogP) is 3.02. The molecule has 0 amide bonds. The van der Waals surface area contributed by atoms with Gasteiger partial charge in [0.05, 0.1) is 41.7 Å². The van der Waals surface area contributed by atoms with Crippen LogP contribution < -0.4 is 23.7 Å². The molecule has 0 aliphatic heterocycles. The van der Waals surface area contributed by atoms with Gasteiger partial charge in [0.25, 0.3) is 0 Å². The maximum Gasteiger partial charge on any atom is 0.161 e. The van der Waals surface area contributed by atoms with Crippen LogP contribution in [0.3, 0.4) is 0 Å². The fourth-order valence-corrected chi connectivity index (χ4v) is 3.14. The highest BCUT2D eigenvalue weighted by Gasteiger charge is 2.26. The number of hydrogen-bond acceptors (Lipinski definition) is 7. The van der Waals surface area contributed by atoms with Gasteiger partial charge in [-0.05, 0) is 17.7 Å². The van der Waals surface area contributed by atoms with Crippen LogP contribution in [0.5, 0.6) is 28.7 Å². The molecule has 28 heavy (non-hydrogen) atoms. The molecule has 2 aromatic carbocycles. The molecular weight excluding hydrogens is 364 g/mol. The Balaban J connectivity index is 2.36. The van der Waals surface area contributed by atoms with Gasteiger partial charge in [0.15, 0.2) is 11.5 Å². The van der Waals surface area contributed by atoms with E-state index in [2.05, 4.69) is 0 Å². The average molecular weight is 392 g/mol. The van der Waals surface area contributed by atoms with E-state index in [1.54, 1.807) is 66.9 Å². The molecule has 0 bridgehead atoms. The highest BCUT2D eigenvalue weighted by molar-refractivity contribution is 5.51. The van der Waals surface area contributed by atoms with E-state index in [0.717, 1.165) is 11.1 Å². The quantitative estimate of drug-likeness (QED) is 0.666. The summed E-state index contributed by atoms with van der Waals surface area (Å²) in [5.41, 5.74) is 1.49. The van der Waals surface area contributed by atoms with Crippen LogP contribution in [0, 0.1) is 0 Å². The highest BCUT2D eigenvalue weighted by Crippen LogP contribution is 2.38. The third-order valence-corrected chi connectivity index (χ3v) is 4.57. The molecule has 7 nitrogen and oxygen atoms in total. The zero-order chi connectivity index (χ0) is 20.7. The SMILES string of the molecule is COc1cc(OC)c(C[C@H](O)C(OC)c2ccc(OC)c(OC)c2)c(OC)c1. The Morgan fingerprint density at radius 3 is 1.75 bits per heavy atom. The molecule has 2 rings (SSSR count). The van der Waals surface area contributed by atoms with E-state index in [-0.39, 0.29) is 6.42 Å². The number of aliphatic hydroxyl groups excluding tert-OH is 1. The van der Waals surface area contributed by atoms with Gasteiger partial charge in [0.1, 0.15) is 23.4 Å². The van der Waals surface area contributed by atoms with Gasteiger partial charge in [0.2, 0.25) is 0 Å². The van der Waals surface area contributed by atoms with Crippen molar-refractivity contribution in [3.8, 4) is 28.7 Å². The van der Waals surface area contributed by atoms with Crippen molar-refractivity contribution in [2.24, 2.45) is 0 Å². The summed E-state index contributed by atoms with van der Waals surface area (Å²) in [6.45, 7) is 0. The summed E-state index contributed by atoms with van der Waals surface area (Å²) in [6.07, 6.45) is -1.20. The van der Waals surface area contributed by atoms with Gasteiger partial charge in [-0.1, -0.05) is 6.07 Å². The topological polar surface area (TPSA) is 75.6 Å². The molecule has 0 aromatic heterocycles. The monoisotopic (exact) mass is 392 g/mol. The van der Waals surface area contributed by atoms with Gasteiger partial charge in [-0.15, -0.1) is 0 Å². The van der Waals surface area contributed by atoms with Crippen LogP contribution in [0.1, 0.15) is 17.2 Å². The number of methoxy groups -OCH3 is 6. The second-order valence-electron chi connectivity index (χ2n) is 6.05. The minimum atomic E-state index is -0.862. The fourth-order valence-electron chi connectivity index (χ4n) is 3.14. The minimum absolute atomic E-state index is 0.253. The fraction of sp³-hybridized carbons (Fsp3) is 0.429. The van der Waals surface area contributed by atoms with Crippen LogP contribution in [-0.2, 0) is 11.2 Å². The maximum atomic E-state index is 10.9. The second kappa shape index (κ2) is 10.1. The largest absolute Gasteiger partial charge is 0.496 e. The van der Waals surface area contributed by atoms with Gasteiger partial charge < -0.3 is 33.5 Å². The lowest BCUT2D eigenvalue weighted by Gasteiger charge is -2.24. The van der Waals surface area contributed by atoms with Gasteiger partial charge in [-0.2, -0.15) is 0 Å². The molecule has 0 saturated carbocycles. The molecule has 0 aliphatic rings. The number of benzene rings is 2. The summed E-state index contributed by atoms with van der Waals surface area (Å²) >= 11 is 0. The molecule has 2 atom stereocenters. The standard InChI is InChI=1S/C21H28O7/c1-23-14-10-18(25-3)15(19(11-14)26-4)12-16(22)21(28-6)13-7-8-17(24-2)20(9-13)27-5/h7-11,16,21-22H,12H2,1-6H3/t16-,21?/m0/s1. The molecule has 0 heterocycles. The lowest BCUT2D eigenvalue weighted by atomic mass is 9.96. The van der Waals surface area contributed by atoms with E-state index in [4.69, 9.17) is 28.4 Å². The molecular formula is C21H28O7. The van der Waals surface area contributed by atoms with Crippen LogP contribution in [0.25, 0.3) is 0 Å². The first-order chi connectivity index (χ1) is 13.5. The van der Waals surface area contributed by atoms with E-state index in [1.165, 1.54) is 0 Å². The Bertz CT molecular complexity index is 750. The average Bonchev–Trinajstić information content (AvgIpc) is 2.73. The van der Waals surface area contributed by atoms with Crippen LogP contribution in [0.2, 0.25) is 0 Å². The lowest BCUT2D eigenvalue weighted by molar-refractivity contribution is -0.0134. The molecule has 0 spiro atoms. The molecule has 7 heteroatoms. The normalized spacial score (nSPS) is 12.8. The number of rotatable bonds is 10. The summed E-state index contributed by atoms with van der Waals surface area (Å²) in [7, 11) is 9.38. The molecule has 154 valence electrons. The molecule has 0 aliphatic carbocycles. The molecule has 0 fully saturated rings. The maximum absolute atomic E-state index is 10.9. The molecule has 1 N–H and O–H groups in total. The number of ether oxygens (including phenoxy) is 6. The summed E-state index contributed by atoms with van der Waals surface area (Å²) < 4.78 is 32.4. The minimum Gasteiger partial charge on any atom is -0.496 e. The van der Waals surface area contributed by atoms with Gasteiger partial charge in [0, 0.05) is 31.2 Å². The number of aliphatic hydroxyl groups is 1. The van der Waals surface area contributed by atoms with Crippen LogP contribution in [-0.4, -0.2) is 53.9 Å². The van der Waals surface area contributed by atoms with Gasteiger partial charge >= 0.3 is 0 Å². The predicted molar refractivity (Wildman–Crippen MR) is 105 cm³/mol. The first-order valence-electron chi connectivity index (χ1n) is 8.74. The smallest absolute Gasteiger partial charge is 0.161 e. The summed E-state index contributed by atoms with van der Waals surface area (Å²) in [5, 5.41) is 10.9. The molecule has 2 aromatic rings. The van der Waals surface area contributed by atoms with Crippen LogP contribution >= 0.6 is 0 Å². The number of hydrogen-bond donors (Lipinski definition) is 1. The molecule has 1 unspecified atom stereocenters. The van der Waals surface area contributed by atoms with E-state index in [0.29, 0.717) is 28.7 Å². The van der Waals surface area contributed by atoms with Crippen molar-refractivity contribution in [3.63, 3.8) is 0 Å². The first kappa shape index (κ1) is 21.7. The highest BCUT2D eigenvalue weighted by atomic mass is 16.5. The second-order valence-corrected chi connectivity index (χ2v) is 6.05. The van der Waals surface area contributed by atoms with Crippen molar-refractivity contribution >= 4 is 0 Å². The van der Waals surface area contributed by atoms with E-state index in [1.807, 2.05) is 6.07 Å². The van der Waals surface area contributed by atoms with Crippen molar-refractivity contribution in [3.05, 3.63) is 41.5 Å². The summed E-state index contributed by atoms with van der Waals surface area (Å²) in [6, 6.07) is 8.91. The first-order valence-corrected chi connectivity index (χ1v) is 8.74. The van der Waals surface area contributed by atoms with Crippen molar-refractivity contribution in [2.75, 3.05) is 42.7 Å². The zero-order valence-corrected chi connectivity index (χ0v) is 17.1. The van der Waals surface area contributed by atoms with Crippen molar-refractivity contribution in [2.45, 2.75) is 18.6 Å². The summed E-state index contributed by atoms with van der Waals surface area (Å²) in [4.78, 5) is 0. The van der Waals surface area contributed by atoms with Gasteiger partial charge in [-0.25, -0.2) is 0 Å². The van der Waals surface area contributed by atoms with E-state index < -0.39 is 12.2 Å². The van der Waals surface area contributed by atoms with E-state index in [9.17, 15) is 5.11 Å². The Morgan fingerprint density at radius 1 is 0.714 bits per heavy atom. The van der Waals surface area contributed by atoms with Crippen molar-refractivity contribution in [1.29, 1.82) is 0 Å². The Kier molecular flexibility index (Phi) is 7.78. The van der Waals surface area contributed by atoms with Crippen LogP contribution in [0.15, 0.2) is 30.3 Å². The Morgan fingerprint density at radius 2 is 1.29 bits per heavy atom. The summed E-state index contributed by atoms with van der Waals surface area (Å²) in [5.74, 6) is 2.91. The Labute approximate surface area is 165 Å². The van der Waals surface area contributed by atoms with Gasteiger partial charge in [-0.3, -0.25) is 0 Å². The van der Waals surface area contributed by atoms with E-state index >= 15 is 0 Å². The molecule has 0 radical (unpaired) electrons. The van der Waals surface area contributed by atoms with Crippen LogP contribution in [0.4, 0.5) is 0 Å². The van der Waals surface area contributed by atoms with Crippen molar-refractivity contribution < 1.29 is 33.5 Å². The third-order valence-electron chi connectivity index (χ3n) is 4.57. The molecule has 0 saturated heterocycles. The van der Waals surface area contributed by atoms with Crippen molar-refractivity contribution in [1.82, 2.24) is 0 Å². The Hall–Kier alpha value is -2.64. The lowest BCUT2D eigenvalue weighted by Crippen LogP contribution is -2.23.